The Hall–Kier alpha value is -4.63. The van der Waals surface area contributed by atoms with Crippen molar-refractivity contribution in [2.24, 2.45) is 0 Å². The van der Waals surface area contributed by atoms with Gasteiger partial charge in [0.05, 0.1) is 26.4 Å². The second kappa shape index (κ2) is 12.0. The summed E-state index contributed by atoms with van der Waals surface area (Å²) >= 11 is 0. The molecule has 0 aromatic heterocycles. The number of amides is 1. The van der Waals surface area contributed by atoms with Crippen molar-refractivity contribution in [2.75, 3.05) is 63.5 Å². The molecule has 0 N–H and O–H groups in total. The third-order valence-electron chi connectivity index (χ3n) is 7.17. The van der Waals surface area contributed by atoms with Crippen LogP contribution in [0.15, 0.2) is 90.1 Å². The highest BCUT2D eigenvalue weighted by Crippen LogP contribution is 2.30. The number of carbonyl (C=O) groups excluding carboxylic acids is 3. The van der Waals surface area contributed by atoms with Crippen LogP contribution in [0, 0.1) is 0 Å². The summed E-state index contributed by atoms with van der Waals surface area (Å²) in [5.41, 5.74) is 4.55. The maximum Gasteiger partial charge on any atom is 0.355 e. The van der Waals surface area contributed by atoms with Crippen LogP contribution in [0.3, 0.4) is 0 Å². The van der Waals surface area contributed by atoms with Gasteiger partial charge in [-0.1, -0.05) is 48.5 Å². The van der Waals surface area contributed by atoms with Gasteiger partial charge in [0.1, 0.15) is 12.4 Å². The first-order valence-corrected chi connectivity index (χ1v) is 13.1. The number of benzene rings is 3. The number of carbonyl (C=O) groups is 3. The second-order valence-electron chi connectivity index (χ2n) is 9.42. The number of anilines is 2. The molecular weight excluding hydrogens is 510 g/mol. The van der Waals surface area contributed by atoms with Crippen LogP contribution in [-0.4, -0.2) is 76.5 Å². The minimum atomic E-state index is -0.638. The Morgan fingerprint density at radius 3 is 2.02 bits per heavy atom. The molecule has 0 atom stereocenters. The van der Waals surface area contributed by atoms with E-state index in [0.29, 0.717) is 37.4 Å². The Bertz CT molecular complexity index is 1410. The van der Waals surface area contributed by atoms with Crippen molar-refractivity contribution in [3.05, 3.63) is 95.7 Å². The highest BCUT2D eigenvalue weighted by Gasteiger charge is 2.32. The van der Waals surface area contributed by atoms with Crippen LogP contribution in [-0.2, 0) is 23.8 Å². The van der Waals surface area contributed by atoms with E-state index in [0.717, 1.165) is 16.8 Å². The monoisotopic (exact) mass is 541 g/mol. The summed E-state index contributed by atoms with van der Waals surface area (Å²) in [6.07, 6.45) is 0. The van der Waals surface area contributed by atoms with E-state index in [1.807, 2.05) is 83.8 Å². The van der Waals surface area contributed by atoms with E-state index >= 15 is 0 Å². The number of piperazine rings is 1. The zero-order valence-corrected chi connectivity index (χ0v) is 22.5. The molecule has 1 amide bonds. The van der Waals surface area contributed by atoms with Gasteiger partial charge in [0.2, 0.25) is 0 Å². The molecule has 0 bridgehead atoms. The molecule has 1 fully saturated rings. The number of methoxy groups -OCH3 is 2. The highest BCUT2D eigenvalue weighted by atomic mass is 16.5. The largest absolute Gasteiger partial charge is 0.466 e. The average Bonchev–Trinajstić information content (AvgIpc) is 3.04. The number of hydrogen-bond donors (Lipinski definition) is 0. The van der Waals surface area contributed by atoms with Gasteiger partial charge in [0.15, 0.2) is 0 Å². The topological polar surface area (TPSA) is 88.6 Å². The predicted octanol–water partition coefficient (Wildman–Crippen LogP) is 3.71. The smallest absolute Gasteiger partial charge is 0.355 e. The van der Waals surface area contributed by atoms with Gasteiger partial charge in [-0.2, -0.15) is 0 Å². The van der Waals surface area contributed by atoms with Crippen LogP contribution in [0.5, 0.6) is 0 Å². The lowest BCUT2D eigenvalue weighted by Gasteiger charge is -2.37. The summed E-state index contributed by atoms with van der Waals surface area (Å²) in [6, 6.07) is 25.3. The normalized spacial score (nSPS) is 15.6. The SMILES string of the molecule is COC(=O)C1=C(C(=O)OC)N(c2ccc(N3CCN(C(=O)c4ccccc4-c4ccccc4)CC3)cc2)COC1. The van der Waals surface area contributed by atoms with Gasteiger partial charge in [-0.25, -0.2) is 9.59 Å². The van der Waals surface area contributed by atoms with E-state index in [2.05, 4.69) is 4.90 Å². The minimum absolute atomic E-state index is 0.0306. The molecule has 3 aromatic carbocycles. The first-order chi connectivity index (χ1) is 19.5. The molecule has 0 spiro atoms. The summed E-state index contributed by atoms with van der Waals surface area (Å²) in [6.45, 7) is 2.62. The Morgan fingerprint density at radius 2 is 1.35 bits per heavy atom. The molecule has 5 rings (SSSR count). The molecule has 2 heterocycles. The van der Waals surface area contributed by atoms with Gasteiger partial charge in [0, 0.05) is 43.1 Å². The average molecular weight is 542 g/mol. The molecule has 0 aliphatic carbocycles. The molecular formula is C31H31N3O6. The molecule has 1 saturated heterocycles. The van der Waals surface area contributed by atoms with Gasteiger partial charge in [-0.05, 0) is 41.5 Å². The van der Waals surface area contributed by atoms with E-state index < -0.39 is 11.9 Å². The summed E-state index contributed by atoms with van der Waals surface area (Å²) in [7, 11) is 2.53. The lowest BCUT2D eigenvalue weighted by atomic mass is 9.98. The van der Waals surface area contributed by atoms with Crippen LogP contribution in [0.4, 0.5) is 11.4 Å². The fourth-order valence-corrected chi connectivity index (χ4v) is 5.07. The van der Waals surface area contributed by atoms with Crippen molar-refractivity contribution in [1.82, 2.24) is 4.90 Å². The maximum atomic E-state index is 13.5. The van der Waals surface area contributed by atoms with Crippen molar-refractivity contribution in [3.8, 4) is 11.1 Å². The third kappa shape index (κ3) is 5.41. The summed E-state index contributed by atoms with van der Waals surface area (Å²) in [5.74, 6) is -1.24. The van der Waals surface area contributed by atoms with E-state index in [9.17, 15) is 14.4 Å². The van der Waals surface area contributed by atoms with Crippen LogP contribution < -0.4 is 9.80 Å². The lowest BCUT2D eigenvalue weighted by molar-refractivity contribution is -0.140. The van der Waals surface area contributed by atoms with Gasteiger partial charge in [-0.3, -0.25) is 4.79 Å². The number of rotatable bonds is 6. The third-order valence-corrected chi connectivity index (χ3v) is 7.17. The fraction of sp³-hybridized carbons (Fsp3) is 0.258. The van der Waals surface area contributed by atoms with Crippen molar-refractivity contribution in [1.29, 1.82) is 0 Å². The van der Waals surface area contributed by atoms with Gasteiger partial charge in [0.25, 0.3) is 5.91 Å². The van der Waals surface area contributed by atoms with Gasteiger partial charge >= 0.3 is 11.9 Å². The van der Waals surface area contributed by atoms with Gasteiger partial charge in [-0.15, -0.1) is 0 Å². The number of ether oxygens (including phenoxy) is 3. The van der Waals surface area contributed by atoms with E-state index in [4.69, 9.17) is 14.2 Å². The Balaban J connectivity index is 1.28. The molecule has 40 heavy (non-hydrogen) atoms. The zero-order valence-electron chi connectivity index (χ0n) is 22.5. The number of nitrogens with zero attached hydrogens (tertiary/aromatic N) is 3. The Morgan fingerprint density at radius 1 is 0.725 bits per heavy atom. The molecule has 2 aliphatic rings. The van der Waals surface area contributed by atoms with Gasteiger partial charge < -0.3 is 28.9 Å². The van der Waals surface area contributed by atoms with E-state index in [1.54, 1.807) is 4.90 Å². The number of esters is 2. The summed E-state index contributed by atoms with van der Waals surface area (Å²) < 4.78 is 15.3. The van der Waals surface area contributed by atoms with Crippen molar-refractivity contribution in [2.45, 2.75) is 0 Å². The molecule has 3 aromatic rings. The maximum absolute atomic E-state index is 13.5. The quantitative estimate of drug-likeness (QED) is 0.437. The predicted molar refractivity (Wildman–Crippen MR) is 151 cm³/mol. The summed E-state index contributed by atoms with van der Waals surface area (Å²) in [5, 5.41) is 0. The lowest BCUT2D eigenvalue weighted by Crippen LogP contribution is -2.48. The standard InChI is InChI=1S/C31H31N3O6/c1-38-30(36)27-20-40-21-34(28(27)31(37)39-2)24-14-12-23(13-15-24)32-16-18-33(19-17-32)29(35)26-11-7-6-10-25(26)22-8-4-3-5-9-22/h3-15H,16-21H2,1-2H3. The molecule has 9 nitrogen and oxygen atoms in total. The molecule has 2 aliphatic heterocycles. The Kier molecular flexibility index (Phi) is 8.12. The van der Waals surface area contributed by atoms with Crippen LogP contribution in [0.2, 0.25) is 0 Å². The highest BCUT2D eigenvalue weighted by molar-refractivity contribution is 6.03. The molecule has 0 saturated carbocycles. The van der Waals surface area contributed by atoms with Crippen molar-refractivity contribution >= 4 is 29.2 Å². The van der Waals surface area contributed by atoms with Crippen molar-refractivity contribution < 1.29 is 28.6 Å². The molecule has 9 heteroatoms. The zero-order chi connectivity index (χ0) is 28.1. The van der Waals surface area contributed by atoms with Crippen LogP contribution in [0.25, 0.3) is 11.1 Å². The minimum Gasteiger partial charge on any atom is -0.466 e. The first-order valence-electron chi connectivity index (χ1n) is 13.1. The van der Waals surface area contributed by atoms with Crippen molar-refractivity contribution in [3.63, 3.8) is 0 Å². The number of hydrogen-bond acceptors (Lipinski definition) is 8. The van der Waals surface area contributed by atoms with E-state index in [-0.39, 0.29) is 30.5 Å². The summed E-state index contributed by atoms with van der Waals surface area (Å²) in [4.78, 5) is 44.0. The van der Waals surface area contributed by atoms with Crippen LogP contribution >= 0.6 is 0 Å². The molecule has 0 radical (unpaired) electrons. The molecule has 206 valence electrons. The first kappa shape index (κ1) is 27.0. The van der Waals surface area contributed by atoms with Crippen LogP contribution in [0.1, 0.15) is 10.4 Å². The second-order valence-corrected chi connectivity index (χ2v) is 9.42. The molecule has 0 unspecified atom stereocenters. The Labute approximate surface area is 233 Å². The fourth-order valence-electron chi connectivity index (χ4n) is 5.07. The van der Waals surface area contributed by atoms with E-state index in [1.165, 1.54) is 14.2 Å².